The van der Waals surface area contributed by atoms with Crippen molar-refractivity contribution >= 4 is 104 Å². The van der Waals surface area contributed by atoms with Crippen LogP contribution in [-0.4, -0.2) is 189 Å². The Morgan fingerprint density at radius 1 is 0.613 bits per heavy atom. The Hall–Kier alpha value is -6.43. The maximum absolute atomic E-state index is 14.0. The SMILES string of the molecule is C.C.COC(C[C@@H]1CCCN1C1CCN(c2cnc3c(C)nn([C@H](C)c4ccc(Cl)cc4Cl)c3n2)CC1C)C(=O)O.Cc1nn([C@H](C)c2ccc(Cl)cc2Cl)c2nc(N3CCC(N4CCC[C@H]4CC(F)C(=O)O)C(C)C3)cnc12.O=C(O)C(F)(F)F.O=C(O)C(F)(F)F. The molecule has 0 aliphatic carbocycles. The lowest BCUT2D eigenvalue weighted by molar-refractivity contribution is -0.193. The van der Waals surface area contributed by atoms with E-state index in [9.17, 15) is 45.4 Å². The van der Waals surface area contributed by atoms with Crippen molar-refractivity contribution in [1.82, 2.24) is 49.3 Å². The van der Waals surface area contributed by atoms with Gasteiger partial charge in [0.1, 0.15) is 22.7 Å². The van der Waals surface area contributed by atoms with Crippen LogP contribution in [0.1, 0.15) is 129 Å². The van der Waals surface area contributed by atoms with Gasteiger partial charge >= 0.3 is 36.2 Å². The number of carboxylic acid groups (broad SMARTS) is 4. The number of piperidine rings is 2. The molecule has 0 radical (unpaired) electrons. The molecule has 4 aromatic heterocycles. The zero-order chi connectivity index (χ0) is 67.1. The second kappa shape index (κ2) is 32.8. The van der Waals surface area contributed by atoms with Crippen molar-refractivity contribution in [3.05, 3.63) is 91.4 Å². The number of hydrogen-bond acceptors (Lipinski definition) is 15. The van der Waals surface area contributed by atoms with E-state index in [2.05, 4.69) is 33.4 Å². The number of hydrogen-bond donors (Lipinski definition) is 4. The van der Waals surface area contributed by atoms with E-state index in [1.165, 1.54) is 7.11 Å². The third-order valence-electron chi connectivity index (χ3n) is 17.0. The molecule has 32 heteroatoms. The summed E-state index contributed by atoms with van der Waals surface area (Å²) in [6.07, 6.45) is -2.67. The molecular weight excluding hydrogens is 1320 g/mol. The Bertz CT molecular complexity index is 3530. The van der Waals surface area contributed by atoms with Crippen LogP contribution in [0.3, 0.4) is 0 Å². The molecule has 0 amide bonds. The van der Waals surface area contributed by atoms with Crippen molar-refractivity contribution in [2.24, 2.45) is 11.8 Å². The standard InChI is InChI=1S/C28H36Cl2N6O3.C27H33Cl2FN6O2.2C2HF3O2.2CH4/c1-16-15-34(11-9-23(16)35-10-5-6-20(35)13-24(39-4)28(37)38)25-14-31-26-17(2)33-36(27(26)32-25)18(3)21-8-7-19(29)12-22(21)30;1-15-14-34(10-8-23(15)35-9-4-5-19(35)12-22(30)27(37)38)24-13-31-25-16(2)33-36(26(25)32-24)17(3)20-7-6-18(28)11-21(20)29;2*3-2(4,5)1(6)7;;/h7-8,12,14,16,18,20,23-24H,5-6,9-11,13,15H2,1-4H3,(H,37,38);6-7,11,13,15,17,19,22-23H,4-5,8-10,12,14H2,1-3H3,(H,37,38);2*(H,6,7);2*1H4/t16?,18-,20+,23?,24?;15?,17-,19+,22?,23?;;;;/m11..../s1. The molecule has 6 aromatic rings. The van der Waals surface area contributed by atoms with Crippen LogP contribution in [0, 0.1) is 25.7 Å². The van der Waals surface area contributed by atoms with Crippen molar-refractivity contribution in [3.63, 3.8) is 0 Å². The summed E-state index contributed by atoms with van der Waals surface area (Å²) in [6, 6.07) is 11.6. The number of carbonyl (C=O) groups is 4. The lowest BCUT2D eigenvalue weighted by Gasteiger charge is -2.44. The smallest absolute Gasteiger partial charge is 0.479 e. The summed E-state index contributed by atoms with van der Waals surface area (Å²) >= 11 is 25.2. The fraction of sp³-hybridized carbons (Fsp3) is 0.574. The minimum atomic E-state index is -5.08. The van der Waals surface area contributed by atoms with Gasteiger partial charge in [0.05, 0.1) is 35.9 Å². The van der Waals surface area contributed by atoms with Gasteiger partial charge in [-0.3, -0.25) is 9.80 Å². The molecular formula is C61H79Cl4F7N12O9. The summed E-state index contributed by atoms with van der Waals surface area (Å²) in [5.74, 6) is -5.43. The molecule has 21 nitrogen and oxygen atoms in total. The molecule has 4 fully saturated rings. The largest absolute Gasteiger partial charge is 0.490 e. The van der Waals surface area contributed by atoms with Crippen LogP contribution in [0.2, 0.25) is 20.1 Å². The van der Waals surface area contributed by atoms with Gasteiger partial charge in [-0.2, -0.15) is 36.5 Å². The van der Waals surface area contributed by atoms with Crippen molar-refractivity contribution < 1.29 is 75.1 Å². The quantitative estimate of drug-likeness (QED) is 0.0697. The van der Waals surface area contributed by atoms with Gasteiger partial charge in [-0.1, -0.05) is 87.2 Å². The maximum atomic E-state index is 14.0. The molecule has 4 saturated heterocycles. The fourth-order valence-electron chi connectivity index (χ4n) is 12.5. The monoisotopic (exact) mass is 1400 g/mol. The van der Waals surface area contributed by atoms with Crippen molar-refractivity contribution in [2.75, 3.05) is 56.2 Å². The molecule has 8 heterocycles. The first-order valence-corrected chi connectivity index (χ1v) is 30.8. The number of aliphatic carboxylic acids is 4. The number of halogens is 11. The molecule has 514 valence electrons. The lowest BCUT2D eigenvalue weighted by atomic mass is 9.91. The van der Waals surface area contributed by atoms with Gasteiger partial charge in [-0.05, 0) is 133 Å². The summed E-state index contributed by atoms with van der Waals surface area (Å²) < 4.78 is 86.5. The number of benzene rings is 2. The second-order valence-corrected chi connectivity index (χ2v) is 24.8. The summed E-state index contributed by atoms with van der Waals surface area (Å²) in [6.45, 7) is 17.6. The third-order valence-corrected chi connectivity index (χ3v) is 18.1. The molecule has 10 rings (SSSR count). The zero-order valence-corrected chi connectivity index (χ0v) is 53.7. The first-order valence-electron chi connectivity index (χ1n) is 29.3. The Morgan fingerprint density at radius 3 is 1.31 bits per heavy atom. The highest BCUT2D eigenvalue weighted by Gasteiger charge is 2.42. The first-order chi connectivity index (χ1) is 42.7. The number of rotatable bonds is 15. The summed E-state index contributed by atoms with van der Waals surface area (Å²) in [5, 5.41) is 44.6. The summed E-state index contributed by atoms with van der Waals surface area (Å²) in [5.41, 5.74) is 6.43. The van der Waals surface area contributed by atoms with E-state index >= 15 is 0 Å². The first kappa shape index (κ1) is 77.3. The number of aryl methyl sites for hydroxylation is 2. The van der Waals surface area contributed by atoms with Gasteiger partial charge in [0.2, 0.25) is 0 Å². The molecule has 6 unspecified atom stereocenters. The van der Waals surface area contributed by atoms with E-state index < -0.39 is 48.5 Å². The lowest BCUT2D eigenvalue weighted by Crippen LogP contribution is -2.52. The third kappa shape index (κ3) is 19.0. The van der Waals surface area contributed by atoms with E-state index in [0.717, 1.165) is 129 Å². The highest BCUT2D eigenvalue weighted by Crippen LogP contribution is 2.38. The number of aromatic nitrogens is 8. The van der Waals surface area contributed by atoms with Crippen LogP contribution < -0.4 is 9.80 Å². The van der Waals surface area contributed by atoms with Crippen molar-refractivity contribution in [2.45, 2.75) is 169 Å². The van der Waals surface area contributed by atoms with Gasteiger partial charge in [-0.15, -0.1) is 0 Å². The number of alkyl halides is 7. The predicted molar refractivity (Wildman–Crippen MR) is 341 cm³/mol. The minimum absolute atomic E-state index is 0. The van der Waals surface area contributed by atoms with E-state index in [4.69, 9.17) is 106 Å². The molecule has 2 aromatic carbocycles. The zero-order valence-electron chi connectivity index (χ0n) is 50.6. The van der Waals surface area contributed by atoms with Crippen LogP contribution in [0.25, 0.3) is 22.3 Å². The van der Waals surface area contributed by atoms with E-state index in [1.54, 1.807) is 12.1 Å². The van der Waals surface area contributed by atoms with E-state index in [1.807, 2.05) is 73.7 Å². The molecule has 93 heavy (non-hydrogen) atoms. The number of ether oxygens (including phenoxy) is 1. The van der Waals surface area contributed by atoms with Gasteiger partial charge in [0, 0.05) is 84.0 Å². The molecule has 4 aliphatic heterocycles. The Balaban J connectivity index is 0.000000275. The molecule has 4 N–H and O–H groups in total. The molecule has 0 saturated carbocycles. The van der Waals surface area contributed by atoms with Gasteiger partial charge in [0.25, 0.3) is 0 Å². The van der Waals surface area contributed by atoms with Crippen LogP contribution in [0.4, 0.5) is 42.4 Å². The average molecular weight is 1400 g/mol. The van der Waals surface area contributed by atoms with Gasteiger partial charge < -0.3 is 35.0 Å². The number of methoxy groups -OCH3 is 1. The Labute approximate surface area is 554 Å². The van der Waals surface area contributed by atoms with Crippen LogP contribution >= 0.6 is 46.4 Å². The maximum Gasteiger partial charge on any atom is 0.490 e. The van der Waals surface area contributed by atoms with E-state index in [-0.39, 0.29) is 51.5 Å². The number of anilines is 2. The minimum Gasteiger partial charge on any atom is -0.479 e. The van der Waals surface area contributed by atoms with Crippen molar-refractivity contribution in [1.29, 1.82) is 0 Å². The summed E-state index contributed by atoms with van der Waals surface area (Å²) in [7, 11) is 1.48. The van der Waals surface area contributed by atoms with Gasteiger partial charge in [0.15, 0.2) is 23.6 Å². The number of carboxylic acids is 4. The van der Waals surface area contributed by atoms with Crippen molar-refractivity contribution in [3.8, 4) is 0 Å². The predicted octanol–water partition coefficient (Wildman–Crippen LogP) is 13.3. The fourth-order valence-corrected chi connectivity index (χ4v) is 13.7. The second-order valence-electron chi connectivity index (χ2n) is 23.1. The summed E-state index contributed by atoms with van der Waals surface area (Å²) in [4.78, 5) is 69.4. The number of fused-ring (bicyclic) bond motifs is 2. The number of likely N-dealkylation sites (tertiary alicyclic amines) is 2. The van der Waals surface area contributed by atoms with Crippen LogP contribution in [0.5, 0.6) is 0 Å². The van der Waals surface area contributed by atoms with Crippen LogP contribution in [-0.2, 0) is 23.9 Å². The molecule has 0 bridgehead atoms. The molecule has 10 atom stereocenters. The molecule has 0 spiro atoms. The normalized spacial score (nSPS) is 21.6. The topological polar surface area (TPSA) is 259 Å². The Kier molecular flexibility index (Phi) is 27.3. The highest BCUT2D eigenvalue weighted by atomic mass is 35.5. The van der Waals surface area contributed by atoms with Gasteiger partial charge in [-0.25, -0.2) is 52.9 Å². The number of nitrogens with zero attached hydrogens (tertiary/aromatic N) is 12. The molecule has 4 aliphatic rings. The highest BCUT2D eigenvalue weighted by molar-refractivity contribution is 6.35. The Morgan fingerprint density at radius 2 is 0.989 bits per heavy atom. The van der Waals surface area contributed by atoms with Crippen LogP contribution in [0.15, 0.2) is 48.8 Å². The average Bonchev–Trinajstić information content (AvgIpc) is 1.69. The van der Waals surface area contributed by atoms with E-state index in [0.29, 0.717) is 50.0 Å².